The van der Waals surface area contributed by atoms with E-state index in [-0.39, 0.29) is 6.61 Å². The van der Waals surface area contributed by atoms with Gasteiger partial charge in [0.05, 0.1) is 5.69 Å². The molecule has 1 aliphatic carbocycles. The van der Waals surface area contributed by atoms with E-state index in [1.165, 1.54) is 29.5 Å². The van der Waals surface area contributed by atoms with Crippen molar-refractivity contribution in [2.45, 2.75) is 57.4 Å². The van der Waals surface area contributed by atoms with E-state index in [0.29, 0.717) is 11.5 Å². The molecule has 1 aromatic heterocycles. The minimum absolute atomic E-state index is 0.272. The van der Waals surface area contributed by atoms with Crippen LogP contribution in [0.3, 0.4) is 0 Å². The first-order chi connectivity index (χ1) is 13.1. The van der Waals surface area contributed by atoms with Crippen LogP contribution in [-0.2, 0) is 11.8 Å². The van der Waals surface area contributed by atoms with Crippen molar-refractivity contribution in [3.63, 3.8) is 0 Å². The van der Waals surface area contributed by atoms with Crippen molar-refractivity contribution in [2.24, 2.45) is 0 Å². The Morgan fingerprint density at radius 1 is 1.30 bits per heavy atom. The molecule has 2 aliphatic rings. The van der Waals surface area contributed by atoms with Crippen molar-refractivity contribution in [3.8, 4) is 11.3 Å². The van der Waals surface area contributed by atoms with Gasteiger partial charge in [-0.2, -0.15) is 0 Å². The molecule has 0 atom stereocenters. The van der Waals surface area contributed by atoms with E-state index >= 15 is 0 Å². The molecule has 0 spiro atoms. The van der Waals surface area contributed by atoms with Crippen molar-refractivity contribution in [3.05, 3.63) is 34.7 Å². The summed E-state index contributed by atoms with van der Waals surface area (Å²) in [6.45, 7) is 8.00. The Labute approximate surface area is 166 Å². The Hall–Kier alpha value is -1.43. The molecule has 4 nitrogen and oxygen atoms in total. The number of nitrogens with one attached hydrogen (secondary N) is 1. The molecule has 0 saturated carbocycles. The molecule has 1 aromatic carbocycles. The zero-order valence-electron chi connectivity index (χ0n) is 16.5. The third kappa shape index (κ3) is 4.05. The second kappa shape index (κ2) is 7.90. The van der Waals surface area contributed by atoms with E-state index in [0.717, 1.165) is 49.7 Å². The fourth-order valence-corrected chi connectivity index (χ4v) is 5.29. The predicted octanol–water partition coefficient (Wildman–Crippen LogP) is 3.97. The van der Waals surface area contributed by atoms with E-state index in [9.17, 15) is 0 Å². The monoisotopic (exact) mass is 385 g/mol. The molecular formula is C22H31N3OS. The average Bonchev–Trinajstić information content (AvgIpc) is 3.28. The molecule has 2 heterocycles. The molecule has 1 saturated heterocycles. The number of nitrogens with zero attached hydrogens (tertiary/aromatic N) is 2. The van der Waals surface area contributed by atoms with E-state index in [1.54, 1.807) is 11.3 Å². The fraction of sp³-hybridized carbons (Fsp3) is 0.591. The number of hydrogen-bond acceptors (Lipinski definition) is 5. The summed E-state index contributed by atoms with van der Waals surface area (Å²) in [6.07, 6.45) is 5.57. The highest BCUT2D eigenvalue weighted by molar-refractivity contribution is 7.14. The predicted molar refractivity (Wildman–Crippen MR) is 114 cm³/mol. The van der Waals surface area contributed by atoms with Crippen molar-refractivity contribution < 1.29 is 5.11 Å². The van der Waals surface area contributed by atoms with Gasteiger partial charge in [-0.15, -0.1) is 11.3 Å². The van der Waals surface area contributed by atoms with Crippen LogP contribution < -0.4 is 10.2 Å². The Kier molecular flexibility index (Phi) is 5.53. The number of rotatable bonds is 6. The maximum absolute atomic E-state index is 8.90. The van der Waals surface area contributed by atoms with E-state index < -0.39 is 0 Å². The molecule has 146 valence electrons. The number of fused-ring (bicyclic) bond motifs is 1. The van der Waals surface area contributed by atoms with Crippen molar-refractivity contribution in [1.82, 2.24) is 10.3 Å². The summed E-state index contributed by atoms with van der Waals surface area (Å²) in [7, 11) is 0. The lowest BCUT2D eigenvalue weighted by molar-refractivity contribution is 0.280. The second-order valence-electron chi connectivity index (χ2n) is 8.56. The van der Waals surface area contributed by atoms with Gasteiger partial charge in [0.15, 0.2) is 5.13 Å². The van der Waals surface area contributed by atoms with E-state index in [1.807, 2.05) is 0 Å². The van der Waals surface area contributed by atoms with Gasteiger partial charge in [-0.3, -0.25) is 0 Å². The van der Waals surface area contributed by atoms with Crippen molar-refractivity contribution in [2.75, 3.05) is 31.1 Å². The van der Waals surface area contributed by atoms with Crippen LogP contribution in [0, 0.1) is 0 Å². The van der Waals surface area contributed by atoms with Crippen LogP contribution in [0.4, 0.5) is 5.13 Å². The minimum atomic E-state index is 0.272. The molecule has 0 radical (unpaired) electrons. The quantitative estimate of drug-likeness (QED) is 0.739. The summed E-state index contributed by atoms with van der Waals surface area (Å²) >= 11 is 1.77. The molecule has 4 rings (SSSR count). The summed E-state index contributed by atoms with van der Waals surface area (Å²) in [5.41, 5.74) is 5.70. The van der Waals surface area contributed by atoms with Crippen molar-refractivity contribution in [1.29, 1.82) is 0 Å². The van der Waals surface area contributed by atoms with Gasteiger partial charge >= 0.3 is 0 Å². The Morgan fingerprint density at radius 3 is 2.89 bits per heavy atom. The summed E-state index contributed by atoms with van der Waals surface area (Å²) < 4.78 is 0. The average molecular weight is 386 g/mol. The van der Waals surface area contributed by atoms with Crippen LogP contribution >= 0.6 is 11.3 Å². The highest BCUT2D eigenvalue weighted by Crippen LogP contribution is 2.40. The normalized spacial score (nSPS) is 19.4. The summed E-state index contributed by atoms with van der Waals surface area (Å²) in [5.74, 6) is 0. The molecule has 0 bridgehead atoms. The molecule has 5 heteroatoms. The van der Waals surface area contributed by atoms with Gasteiger partial charge in [0, 0.05) is 36.7 Å². The lowest BCUT2D eigenvalue weighted by Gasteiger charge is -2.32. The zero-order valence-corrected chi connectivity index (χ0v) is 17.3. The molecule has 1 aliphatic heterocycles. The Morgan fingerprint density at radius 2 is 2.11 bits per heavy atom. The van der Waals surface area contributed by atoms with Gasteiger partial charge in [0.1, 0.15) is 0 Å². The van der Waals surface area contributed by atoms with Crippen molar-refractivity contribution >= 4 is 16.5 Å². The first-order valence-corrected chi connectivity index (χ1v) is 11.1. The molecule has 1 fully saturated rings. The summed E-state index contributed by atoms with van der Waals surface area (Å²) in [5, 5.41) is 15.8. The number of piperidine rings is 1. The van der Waals surface area contributed by atoms with Gasteiger partial charge in [0.25, 0.3) is 0 Å². The minimum Gasteiger partial charge on any atom is -0.396 e. The number of anilines is 1. The van der Waals surface area contributed by atoms with Gasteiger partial charge in [0.2, 0.25) is 0 Å². The molecule has 27 heavy (non-hydrogen) atoms. The largest absolute Gasteiger partial charge is 0.396 e. The summed E-state index contributed by atoms with van der Waals surface area (Å²) in [6, 6.07) is 7.51. The molecule has 0 unspecified atom stereocenters. The van der Waals surface area contributed by atoms with Crippen LogP contribution in [0.1, 0.15) is 50.7 Å². The van der Waals surface area contributed by atoms with Crippen LogP contribution in [0.15, 0.2) is 23.6 Å². The maximum atomic E-state index is 8.90. The number of thiazole rings is 1. The number of aliphatic hydroxyl groups excluding tert-OH is 1. The third-order valence-corrected chi connectivity index (χ3v) is 7.08. The standard InChI is InChI=1S/C22H31N3OS/c1-22(2)9-6-16-14-17(4-5-19(16)22)20-15-27-21(24-20)25-11-7-18(8-12-25)23-10-3-13-26/h4-5,14-15,18,23,26H,3,6-13H2,1-2H3. The number of hydrogen-bond donors (Lipinski definition) is 2. The topological polar surface area (TPSA) is 48.4 Å². The highest BCUT2D eigenvalue weighted by Gasteiger charge is 2.29. The number of aliphatic hydroxyl groups is 1. The smallest absolute Gasteiger partial charge is 0.185 e. The summed E-state index contributed by atoms with van der Waals surface area (Å²) in [4.78, 5) is 7.38. The van der Waals surface area contributed by atoms with Gasteiger partial charge < -0.3 is 15.3 Å². The van der Waals surface area contributed by atoms with E-state index in [4.69, 9.17) is 10.1 Å². The Bertz CT molecular complexity index is 778. The number of aryl methyl sites for hydroxylation is 1. The van der Waals surface area contributed by atoms with Crippen LogP contribution in [0.2, 0.25) is 0 Å². The SMILES string of the molecule is CC1(C)CCc2cc(-c3csc(N4CCC(NCCCO)CC4)n3)ccc21. The zero-order chi connectivity index (χ0) is 18.9. The van der Waals surface area contributed by atoms with Crippen LogP contribution in [0.5, 0.6) is 0 Å². The Balaban J connectivity index is 1.40. The molecule has 0 amide bonds. The molecule has 2 N–H and O–H groups in total. The van der Waals surface area contributed by atoms with Gasteiger partial charge in [-0.25, -0.2) is 4.98 Å². The number of aromatic nitrogens is 1. The lowest BCUT2D eigenvalue weighted by atomic mass is 9.86. The first-order valence-electron chi connectivity index (χ1n) is 10.3. The third-order valence-electron chi connectivity index (χ3n) is 6.17. The first kappa shape index (κ1) is 18.9. The highest BCUT2D eigenvalue weighted by atomic mass is 32.1. The van der Waals surface area contributed by atoms with Crippen LogP contribution in [-0.4, -0.2) is 42.4 Å². The second-order valence-corrected chi connectivity index (χ2v) is 9.40. The maximum Gasteiger partial charge on any atom is 0.185 e. The lowest BCUT2D eigenvalue weighted by Crippen LogP contribution is -2.42. The molecule has 2 aromatic rings. The van der Waals surface area contributed by atoms with Gasteiger partial charge in [-0.1, -0.05) is 26.0 Å². The van der Waals surface area contributed by atoms with Gasteiger partial charge in [-0.05, 0) is 61.3 Å². The fourth-order valence-electron chi connectivity index (χ4n) is 4.40. The van der Waals surface area contributed by atoms with Crippen LogP contribution in [0.25, 0.3) is 11.3 Å². The number of benzene rings is 1. The van der Waals surface area contributed by atoms with E-state index in [2.05, 4.69) is 47.6 Å². The molecular weight excluding hydrogens is 354 g/mol.